The number of nitrogens with zero attached hydrogens (tertiary/aromatic N) is 1. The highest BCUT2D eigenvalue weighted by Gasteiger charge is 2.50. The molecular formula is C41H24FNS. The van der Waals surface area contributed by atoms with E-state index in [1.165, 1.54) is 64.7 Å². The molecule has 8 aromatic rings. The van der Waals surface area contributed by atoms with Crippen LogP contribution in [-0.4, -0.2) is 4.57 Å². The molecule has 0 saturated carbocycles. The molecule has 0 fully saturated rings. The molecule has 206 valence electrons. The molecule has 2 heterocycles. The highest BCUT2D eigenvalue weighted by Crippen LogP contribution is 2.62. The van der Waals surface area contributed by atoms with Gasteiger partial charge in [-0.1, -0.05) is 115 Å². The van der Waals surface area contributed by atoms with Gasteiger partial charge in [-0.25, -0.2) is 4.39 Å². The van der Waals surface area contributed by atoms with E-state index in [4.69, 9.17) is 0 Å². The number of hydrogen-bond acceptors (Lipinski definition) is 1. The fraction of sp³-hybridized carbons (Fsp3) is 0.0244. The summed E-state index contributed by atoms with van der Waals surface area (Å²) in [6.07, 6.45) is 0. The molecule has 0 amide bonds. The Bertz CT molecular complexity index is 2440. The molecule has 3 heteroatoms. The minimum absolute atomic E-state index is 0.233. The van der Waals surface area contributed by atoms with Gasteiger partial charge < -0.3 is 4.57 Å². The Balaban J connectivity index is 1.42. The fourth-order valence-corrected chi connectivity index (χ4v) is 9.20. The molecule has 1 aromatic heterocycles. The monoisotopic (exact) mass is 581 g/mol. The van der Waals surface area contributed by atoms with Crippen LogP contribution in [-0.2, 0) is 5.41 Å². The van der Waals surface area contributed by atoms with Gasteiger partial charge in [0.05, 0.1) is 16.4 Å². The molecule has 7 aromatic carbocycles. The molecule has 1 aliphatic carbocycles. The molecule has 1 aliphatic heterocycles. The van der Waals surface area contributed by atoms with E-state index in [2.05, 4.69) is 126 Å². The summed E-state index contributed by atoms with van der Waals surface area (Å²) in [6, 6.07) is 51.6. The minimum atomic E-state index is -0.454. The Labute approximate surface area is 258 Å². The van der Waals surface area contributed by atoms with E-state index >= 15 is 0 Å². The largest absolute Gasteiger partial charge is 0.309 e. The number of aromatic nitrogens is 1. The van der Waals surface area contributed by atoms with E-state index in [0.717, 1.165) is 16.7 Å². The van der Waals surface area contributed by atoms with Gasteiger partial charge in [-0.2, -0.15) is 0 Å². The summed E-state index contributed by atoms with van der Waals surface area (Å²) in [6.45, 7) is 0. The van der Waals surface area contributed by atoms with Crippen molar-refractivity contribution in [2.45, 2.75) is 15.2 Å². The van der Waals surface area contributed by atoms with Gasteiger partial charge in [-0.15, -0.1) is 0 Å². The smallest absolute Gasteiger partial charge is 0.123 e. The van der Waals surface area contributed by atoms with Gasteiger partial charge in [0.25, 0.3) is 0 Å². The number of fused-ring (bicyclic) bond motifs is 14. The van der Waals surface area contributed by atoms with Crippen molar-refractivity contribution in [3.8, 4) is 16.8 Å². The maximum atomic E-state index is 14.2. The van der Waals surface area contributed by atoms with E-state index in [9.17, 15) is 4.39 Å². The predicted molar refractivity (Wildman–Crippen MR) is 180 cm³/mol. The van der Waals surface area contributed by atoms with Gasteiger partial charge >= 0.3 is 0 Å². The molecule has 10 rings (SSSR count). The molecular weight excluding hydrogens is 558 g/mol. The van der Waals surface area contributed by atoms with Crippen molar-refractivity contribution >= 4 is 44.3 Å². The molecule has 1 spiro atoms. The first-order valence-corrected chi connectivity index (χ1v) is 15.8. The van der Waals surface area contributed by atoms with Crippen LogP contribution in [0.3, 0.4) is 0 Å². The average Bonchev–Trinajstić information content (AvgIpc) is 3.55. The zero-order valence-electron chi connectivity index (χ0n) is 23.6. The van der Waals surface area contributed by atoms with E-state index in [-0.39, 0.29) is 5.82 Å². The Morgan fingerprint density at radius 1 is 0.500 bits per heavy atom. The standard InChI is InChI=1S/C41H24FNS/c42-26-18-20-27(21-19-26)43-37-24-36-39(23-32(37)31-22-17-25-9-1-2-10-28(25)40(31)43)44-38-16-8-7-15-35(38)41(36)33-13-5-3-11-29(33)30-12-4-6-14-34(30)41/h1-24H. The first-order chi connectivity index (χ1) is 21.7. The van der Waals surface area contributed by atoms with Crippen LogP contribution in [0.4, 0.5) is 4.39 Å². The first-order valence-electron chi connectivity index (χ1n) is 15.0. The SMILES string of the molecule is Fc1ccc(-n2c3cc4c(cc3c3ccc5ccccc5c32)Sc2ccccc2C42c3ccccc3-c3ccccc32)cc1. The Kier molecular flexibility index (Phi) is 4.82. The van der Waals surface area contributed by atoms with Crippen molar-refractivity contribution in [3.05, 3.63) is 174 Å². The van der Waals surface area contributed by atoms with Gasteiger partial charge in [0.15, 0.2) is 0 Å². The van der Waals surface area contributed by atoms with E-state index in [1.54, 1.807) is 12.1 Å². The van der Waals surface area contributed by atoms with Crippen LogP contribution in [0.25, 0.3) is 49.4 Å². The molecule has 0 atom stereocenters. The molecule has 0 unspecified atom stereocenters. The minimum Gasteiger partial charge on any atom is -0.309 e. The summed E-state index contributed by atoms with van der Waals surface area (Å²) in [7, 11) is 0. The van der Waals surface area contributed by atoms with Gasteiger partial charge in [0.2, 0.25) is 0 Å². The topological polar surface area (TPSA) is 4.93 Å². The summed E-state index contributed by atoms with van der Waals surface area (Å²) in [5.74, 6) is -0.233. The summed E-state index contributed by atoms with van der Waals surface area (Å²) < 4.78 is 16.6. The third-order valence-corrected chi connectivity index (χ3v) is 10.8. The van der Waals surface area contributed by atoms with Gasteiger partial charge in [-0.05, 0) is 81.2 Å². The van der Waals surface area contributed by atoms with Crippen molar-refractivity contribution in [2.75, 3.05) is 0 Å². The Hall–Kier alpha value is -5.12. The number of halogens is 1. The van der Waals surface area contributed by atoms with Crippen LogP contribution >= 0.6 is 11.8 Å². The molecule has 0 saturated heterocycles. The van der Waals surface area contributed by atoms with Gasteiger partial charge in [-0.3, -0.25) is 0 Å². The number of hydrogen-bond donors (Lipinski definition) is 0. The quantitative estimate of drug-likeness (QED) is 0.187. The molecule has 0 radical (unpaired) electrons. The highest BCUT2D eigenvalue weighted by molar-refractivity contribution is 7.99. The normalized spacial score (nSPS) is 14.1. The lowest BCUT2D eigenvalue weighted by atomic mass is 9.67. The van der Waals surface area contributed by atoms with Crippen molar-refractivity contribution < 1.29 is 4.39 Å². The van der Waals surface area contributed by atoms with E-state index < -0.39 is 5.41 Å². The van der Waals surface area contributed by atoms with Gasteiger partial charge in [0.1, 0.15) is 5.82 Å². The van der Waals surface area contributed by atoms with E-state index in [1.807, 2.05) is 23.9 Å². The Morgan fingerprint density at radius 2 is 1.16 bits per heavy atom. The van der Waals surface area contributed by atoms with Crippen molar-refractivity contribution in [3.63, 3.8) is 0 Å². The van der Waals surface area contributed by atoms with Crippen molar-refractivity contribution in [1.82, 2.24) is 4.57 Å². The molecule has 0 N–H and O–H groups in total. The van der Waals surface area contributed by atoms with Crippen molar-refractivity contribution in [1.29, 1.82) is 0 Å². The second-order valence-electron chi connectivity index (χ2n) is 11.8. The second kappa shape index (κ2) is 8.72. The second-order valence-corrected chi connectivity index (χ2v) is 12.9. The third-order valence-electron chi connectivity index (χ3n) is 9.71. The van der Waals surface area contributed by atoms with Crippen LogP contribution in [0.1, 0.15) is 22.3 Å². The summed E-state index contributed by atoms with van der Waals surface area (Å²) in [5.41, 5.74) is 10.6. The molecule has 44 heavy (non-hydrogen) atoms. The summed E-state index contributed by atoms with van der Waals surface area (Å²) in [5, 5.41) is 4.78. The average molecular weight is 582 g/mol. The lowest BCUT2D eigenvalue weighted by Crippen LogP contribution is -2.32. The fourth-order valence-electron chi connectivity index (χ4n) is 7.98. The molecule has 0 bridgehead atoms. The maximum absolute atomic E-state index is 14.2. The predicted octanol–water partition coefficient (Wildman–Crippen LogP) is 10.9. The Morgan fingerprint density at radius 3 is 1.93 bits per heavy atom. The first kappa shape index (κ1) is 24.3. The lowest BCUT2D eigenvalue weighted by Gasteiger charge is -2.39. The van der Waals surface area contributed by atoms with Crippen LogP contribution < -0.4 is 0 Å². The lowest BCUT2D eigenvalue weighted by molar-refractivity contribution is 0.627. The summed E-state index contributed by atoms with van der Waals surface area (Å²) >= 11 is 1.87. The van der Waals surface area contributed by atoms with Crippen LogP contribution in [0.2, 0.25) is 0 Å². The maximum Gasteiger partial charge on any atom is 0.123 e. The number of benzene rings is 7. The zero-order chi connectivity index (χ0) is 29.0. The third kappa shape index (κ3) is 3.00. The summed E-state index contributed by atoms with van der Waals surface area (Å²) in [4.78, 5) is 2.56. The molecule has 2 aliphatic rings. The zero-order valence-corrected chi connectivity index (χ0v) is 24.4. The van der Waals surface area contributed by atoms with Crippen LogP contribution in [0.5, 0.6) is 0 Å². The van der Waals surface area contributed by atoms with Gasteiger partial charge in [0, 0.05) is 31.6 Å². The number of rotatable bonds is 1. The van der Waals surface area contributed by atoms with Crippen LogP contribution in [0, 0.1) is 5.82 Å². The highest BCUT2D eigenvalue weighted by atomic mass is 32.2. The van der Waals surface area contributed by atoms with Crippen LogP contribution in [0.15, 0.2) is 155 Å². The van der Waals surface area contributed by atoms with E-state index in [0.29, 0.717) is 0 Å². The molecule has 1 nitrogen and oxygen atoms in total. The van der Waals surface area contributed by atoms with Crippen molar-refractivity contribution in [2.24, 2.45) is 0 Å².